The fourth-order valence-electron chi connectivity index (χ4n) is 2.10. The summed E-state index contributed by atoms with van der Waals surface area (Å²) in [4.78, 5) is 31.3. The number of hydrogen-bond acceptors (Lipinski definition) is 7. The van der Waals surface area contributed by atoms with E-state index in [1.54, 1.807) is 30.3 Å². The van der Waals surface area contributed by atoms with Gasteiger partial charge in [-0.3, -0.25) is 10.0 Å². The Balaban J connectivity index is 0.000000656. The first-order valence-corrected chi connectivity index (χ1v) is 9.67. The molecule has 11 nitrogen and oxygen atoms in total. The van der Waals surface area contributed by atoms with Crippen molar-refractivity contribution in [3.63, 3.8) is 0 Å². The summed E-state index contributed by atoms with van der Waals surface area (Å²) >= 11 is 0. The van der Waals surface area contributed by atoms with Crippen molar-refractivity contribution in [1.29, 1.82) is 0 Å². The fraction of sp³-hybridized carbons (Fsp3) is 0.167. The number of rotatable bonds is 6. The van der Waals surface area contributed by atoms with E-state index in [4.69, 9.17) is 25.0 Å². The molecule has 1 aromatic carbocycles. The molecule has 0 aliphatic heterocycles. The third kappa shape index (κ3) is 7.50. The Kier molecular flexibility index (Phi) is 8.92. The summed E-state index contributed by atoms with van der Waals surface area (Å²) in [6.07, 6.45) is 5.30. The first-order chi connectivity index (χ1) is 14.0. The molecule has 0 spiro atoms. The van der Waals surface area contributed by atoms with E-state index in [0.29, 0.717) is 5.56 Å². The molecule has 0 aliphatic rings. The monoisotopic (exact) mass is 439 g/mol. The van der Waals surface area contributed by atoms with Crippen LogP contribution in [0.3, 0.4) is 0 Å². The van der Waals surface area contributed by atoms with Crippen LogP contribution in [-0.2, 0) is 31.0 Å². The molecule has 1 amide bonds. The normalized spacial score (nSPS) is 11.1. The van der Waals surface area contributed by atoms with Gasteiger partial charge in [-0.2, -0.15) is 0 Å². The number of nitrogens with zero attached hydrogens (tertiary/aromatic N) is 2. The molecule has 2 rings (SSSR count). The number of nitrogens with one attached hydrogen (secondary N) is 1. The summed E-state index contributed by atoms with van der Waals surface area (Å²) in [5.74, 6) is -4.34. The summed E-state index contributed by atoms with van der Waals surface area (Å²) in [6, 6.07) is 8.26. The summed E-state index contributed by atoms with van der Waals surface area (Å²) in [6.45, 7) is 0.728. The number of carbonyl (C=O) groups is 3. The van der Waals surface area contributed by atoms with Gasteiger partial charge in [0.1, 0.15) is 0 Å². The van der Waals surface area contributed by atoms with Crippen LogP contribution in [0.25, 0.3) is 6.08 Å². The third-order valence-electron chi connectivity index (χ3n) is 3.41. The number of carbonyl (C=O) groups excluding carboxylic acids is 1. The Bertz CT molecular complexity index is 1010. The van der Waals surface area contributed by atoms with Crippen LogP contribution < -0.4 is 5.48 Å². The topological polar surface area (TPSA) is 166 Å². The Morgan fingerprint density at radius 1 is 1.07 bits per heavy atom. The molecule has 4 N–H and O–H groups in total. The van der Waals surface area contributed by atoms with Gasteiger partial charge < -0.3 is 15.1 Å². The molecule has 0 saturated heterocycles. The van der Waals surface area contributed by atoms with Crippen molar-refractivity contribution < 1.29 is 38.2 Å². The molecule has 0 aliphatic carbocycles. The molecule has 0 unspecified atom stereocenters. The third-order valence-corrected chi connectivity index (χ3v) is 5.06. The van der Waals surface area contributed by atoms with E-state index in [1.165, 1.54) is 23.9 Å². The van der Waals surface area contributed by atoms with E-state index in [0.717, 1.165) is 22.2 Å². The standard InChI is InChI=1S/C16H19N3O4S.C2H2O4/c1-18(2)11-13-3-6-15(7-4-13)24(22,23)19-10-9-14(12-19)5-8-16(20)17-21;3-1(4)2(5)6/h3-10,12,21H,11H2,1-2H3,(H,17,20);(H,3,4)(H,5,6)/b8-5+;. The SMILES string of the molecule is CN(C)Cc1ccc(S(=O)(=O)n2ccc(/C=C/C(=O)NO)c2)cc1.O=C(O)C(=O)O. The summed E-state index contributed by atoms with van der Waals surface area (Å²) < 4.78 is 26.3. The van der Waals surface area contributed by atoms with Crippen LogP contribution >= 0.6 is 0 Å². The van der Waals surface area contributed by atoms with Crippen LogP contribution in [0.2, 0.25) is 0 Å². The Morgan fingerprint density at radius 3 is 2.10 bits per heavy atom. The van der Waals surface area contributed by atoms with Gasteiger partial charge in [-0.05, 0) is 49.5 Å². The highest BCUT2D eigenvalue weighted by Gasteiger charge is 2.16. The van der Waals surface area contributed by atoms with Crippen molar-refractivity contribution in [2.45, 2.75) is 11.4 Å². The highest BCUT2D eigenvalue weighted by molar-refractivity contribution is 7.90. The van der Waals surface area contributed by atoms with Crippen LogP contribution in [-0.4, -0.2) is 64.7 Å². The van der Waals surface area contributed by atoms with Crippen LogP contribution in [0.15, 0.2) is 53.7 Å². The van der Waals surface area contributed by atoms with Gasteiger partial charge >= 0.3 is 11.9 Å². The van der Waals surface area contributed by atoms with Crippen LogP contribution in [0.4, 0.5) is 0 Å². The van der Waals surface area contributed by atoms with E-state index in [-0.39, 0.29) is 4.90 Å². The Hall–Kier alpha value is -3.48. The van der Waals surface area contributed by atoms with Gasteiger partial charge in [0, 0.05) is 25.0 Å². The van der Waals surface area contributed by atoms with Crippen molar-refractivity contribution in [3.8, 4) is 0 Å². The zero-order chi connectivity index (χ0) is 22.9. The van der Waals surface area contributed by atoms with Gasteiger partial charge in [0.25, 0.3) is 15.9 Å². The lowest BCUT2D eigenvalue weighted by atomic mass is 10.2. The molecule has 0 atom stereocenters. The second-order valence-corrected chi connectivity index (χ2v) is 7.92. The van der Waals surface area contributed by atoms with E-state index < -0.39 is 27.9 Å². The first-order valence-electron chi connectivity index (χ1n) is 8.23. The predicted octanol–water partition coefficient (Wildman–Crippen LogP) is 0.461. The highest BCUT2D eigenvalue weighted by atomic mass is 32.2. The first kappa shape index (κ1) is 24.6. The van der Waals surface area contributed by atoms with Crippen molar-refractivity contribution in [2.24, 2.45) is 0 Å². The number of hydrogen-bond donors (Lipinski definition) is 4. The molecule has 162 valence electrons. The van der Waals surface area contributed by atoms with Gasteiger partial charge in [0.15, 0.2) is 0 Å². The van der Waals surface area contributed by atoms with E-state index in [9.17, 15) is 13.2 Å². The quantitative estimate of drug-likeness (QED) is 0.216. The van der Waals surface area contributed by atoms with Crippen molar-refractivity contribution in [3.05, 3.63) is 59.9 Å². The van der Waals surface area contributed by atoms with Crippen LogP contribution in [0.1, 0.15) is 11.1 Å². The molecule has 12 heteroatoms. The molecular weight excluding hydrogens is 418 g/mol. The van der Waals surface area contributed by atoms with Gasteiger partial charge in [0.2, 0.25) is 0 Å². The molecule has 1 aromatic heterocycles. The van der Waals surface area contributed by atoms with Crippen molar-refractivity contribution >= 4 is 33.9 Å². The molecule has 1 heterocycles. The minimum Gasteiger partial charge on any atom is -0.473 e. The largest absolute Gasteiger partial charge is 0.473 e. The van der Waals surface area contributed by atoms with Crippen molar-refractivity contribution in [1.82, 2.24) is 14.4 Å². The molecule has 2 aromatic rings. The molecule has 0 radical (unpaired) electrons. The lowest BCUT2D eigenvalue weighted by Gasteiger charge is -2.10. The van der Waals surface area contributed by atoms with Gasteiger partial charge in [-0.15, -0.1) is 0 Å². The summed E-state index contributed by atoms with van der Waals surface area (Å²) in [7, 11) is 0.194. The van der Waals surface area contributed by atoms with Gasteiger partial charge in [-0.25, -0.2) is 27.5 Å². The minimum absolute atomic E-state index is 0.184. The molecule has 0 fully saturated rings. The van der Waals surface area contributed by atoms with Crippen molar-refractivity contribution in [2.75, 3.05) is 14.1 Å². The molecule has 0 bridgehead atoms. The lowest BCUT2D eigenvalue weighted by molar-refractivity contribution is -0.159. The summed E-state index contributed by atoms with van der Waals surface area (Å²) in [5.41, 5.74) is 3.00. The predicted molar refractivity (Wildman–Crippen MR) is 105 cm³/mol. The number of carboxylic acids is 2. The number of aromatic nitrogens is 1. The summed E-state index contributed by atoms with van der Waals surface area (Å²) in [5, 5.41) is 23.2. The maximum absolute atomic E-state index is 12.6. The maximum Gasteiger partial charge on any atom is 0.414 e. The second kappa shape index (κ2) is 10.9. The number of hydroxylamine groups is 1. The zero-order valence-corrected chi connectivity index (χ0v) is 16.9. The molecule has 0 saturated carbocycles. The van der Waals surface area contributed by atoms with Crippen LogP contribution in [0.5, 0.6) is 0 Å². The maximum atomic E-state index is 12.6. The zero-order valence-electron chi connectivity index (χ0n) is 16.1. The Morgan fingerprint density at radius 2 is 1.63 bits per heavy atom. The smallest absolute Gasteiger partial charge is 0.414 e. The number of aliphatic carboxylic acids is 2. The minimum atomic E-state index is -3.69. The average molecular weight is 439 g/mol. The van der Waals surface area contributed by atoms with Gasteiger partial charge in [-0.1, -0.05) is 12.1 Å². The van der Waals surface area contributed by atoms with E-state index in [2.05, 4.69) is 0 Å². The number of carboxylic acid groups (broad SMARTS) is 2. The fourth-order valence-corrected chi connectivity index (χ4v) is 3.31. The number of amides is 1. The van der Waals surface area contributed by atoms with Gasteiger partial charge in [0.05, 0.1) is 4.90 Å². The van der Waals surface area contributed by atoms with Crippen LogP contribution in [0, 0.1) is 0 Å². The van der Waals surface area contributed by atoms with E-state index in [1.807, 2.05) is 19.0 Å². The lowest BCUT2D eigenvalue weighted by Crippen LogP contribution is -2.14. The Labute approximate surface area is 172 Å². The highest BCUT2D eigenvalue weighted by Crippen LogP contribution is 2.17. The average Bonchev–Trinajstić information content (AvgIpc) is 3.16. The second-order valence-electron chi connectivity index (χ2n) is 6.08. The van der Waals surface area contributed by atoms with E-state index >= 15 is 0 Å². The molecular formula is C18H21N3O8S. The number of benzene rings is 1. The molecule has 30 heavy (non-hydrogen) atoms.